The summed E-state index contributed by atoms with van der Waals surface area (Å²) in [5.74, 6) is -0.279. The van der Waals surface area contributed by atoms with Crippen molar-refractivity contribution in [3.63, 3.8) is 0 Å². The van der Waals surface area contributed by atoms with E-state index in [9.17, 15) is 12.8 Å². The molecule has 1 N–H and O–H groups in total. The topological polar surface area (TPSA) is 49.4 Å². The summed E-state index contributed by atoms with van der Waals surface area (Å²) in [6.45, 7) is 4.01. The molecule has 0 aliphatic carbocycles. The quantitative estimate of drug-likeness (QED) is 0.718. The van der Waals surface area contributed by atoms with E-state index in [2.05, 4.69) is 21.2 Å². The van der Waals surface area contributed by atoms with Crippen LogP contribution in [0.3, 0.4) is 0 Å². The van der Waals surface area contributed by atoms with E-state index in [0.717, 1.165) is 5.56 Å². The molecule has 114 valence electrons. The Labute approximate surface area is 128 Å². The van der Waals surface area contributed by atoms with Gasteiger partial charge in [-0.2, -0.15) is 0 Å². The summed E-state index contributed by atoms with van der Waals surface area (Å²) in [6, 6.07) is 4.91. The molecule has 0 radical (unpaired) electrons. The smallest absolute Gasteiger partial charge is 0.211 e. The van der Waals surface area contributed by atoms with Crippen molar-refractivity contribution >= 4 is 26.0 Å². The minimum absolute atomic E-state index is 0.279. The van der Waals surface area contributed by atoms with Crippen LogP contribution in [0, 0.1) is 5.82 Å². The third-order valence-corrected chi connectivity index (χ3v) is 5.20. The Morgan fingerprint density at radius 2 is 2.10 bits per heavy atom. The summed E-state index contributed by atoms with van der Waals surface area (Å²) < 4.78 is 38.0. The van der Waals surface area contributed by atoms with Gasteiger partial charge in [0.25, 0.3) is 0 Å². The van der Waals surface area contributed by atoms with Crippen LogP contribution in [-0.2, 0) is 16.6 Å². The van der Waals surface area contributed by atoms with Crippen molar-refractivity contribution in [1.29, 1.82) is 0 Å². The van der Waals surface area contributed by atoms with Gasteiger partial charge >= 0.3 is 0 Å². The Bertz CT molecular complexity index is 537. The van der Waals surface area contributed by atoms with Crippen LogP contribution in [0.4, 0.5) is 4.39 Å². The van der Waals surface area contributed by atoms with Gasteiger partial charge in [-0.15, -0.1) is 0 Å². The zero-order valence-corrected chi connectivity index (χ0v) is 14.1. The third kappa shape index (κ3) is 5.47. The molecule has 0 aromatic heterocycles. The standard InChI is InChI=1S/C13H20BrFN2O2S/c1-3-17(20(2,18)19)9-5-8-16-10-11-6-4-7-12(15)13(11)14/h4,6-7,16H,3,5,8-10H2,1-2H3. The Morgan fingerprint density at radius 1 is 1.40 bits per heavy atom. The molecule has 1 aromatic carbocycles. The summed E-state index contributed by atoms with van der Waals surface area (Å²) in [6.07, 6.45) is 1.93. The fourth-order valence-corrected chi connectivity index (χ4v) is 3.18. The van der Waals surface area contributed by atoms with Crippen molar-refractivity contribution in [1.82, 2.24) is 9.62 Å². The highest BCUT2D eigenvalue weighted by Gasteiger charge is 2.13. The van der Waals surface area contributed by atoms with Crippen LogP contribution >= 0.6 is 15.9 Å². The van der Waals surface area contributed by atoms with Crippen LogP contribution in [0.2, 0.25) is 0 Å². The van der Waals surface area contributed by atoms with Crippen LogP contribution in [0.15, 0.2) is 22.7 Å². The molecule has 0 fully saturated rings. The number of hydrogen-bond acceptors (Lipinski definition) is 3. The molecule has 1 aromatic rings. The van der Waals surface area contributed by atoms with Gasteiger partial charge in [-0.05, 0) is 40.5 Å². The maximum atomic E-state index is 13.3. The molecule has 0 saturated heterocycles. The number of halogens is 2. The molecule has 0 bridgehead atoms. The second kappa shape index (κ2) is 8.07. The zero-order valence-electron chi connectivity index (χ0n) is 11.7. The van der Waals surface area contributed by atoms with E-state index >= 15 is 0 Å². The van der Waals surface area contributed by atoms with E-state index in [1.807, 2.05) is 13.0 Å². The van der Waals surface area contributed by atoms with E-state index in [-0.39, 0.29) is 5.82 Å². The molecule has 0 heterocycles. The van der Waals surface area contributed by atoms with Crippen LogP contribution in [0.25, 0.3) is 0 Å². The molecule has 0 spiro atoms. The Kier molecular flexibility index (Phi) is 7.08. The van der Waals surface area contributed by atoms with Gasteiger partial charge in [0.2, 0.25) is 10.0 Å². The van der Waals surface area contributed by atoms with E-state index in [1.165, 1.54) is 16.6 Å². The number of rotatable bonds is 8. The highest BCUT2D eigenvalue weighted by molar-refractivity contribution is 9.10. The van der Waals surface area contributed by atoms with Crippen molar-refractivity contribution in [3.8, 4) is 0 Å². The van der Waals surface area contributed by atoms with Crippen molar-refractivity contribution < 1.29 is 12.8 Å². The lowest BCUT2D eigenvalue weighted by Gasteiger charge is -2.17. The normalized spacial score (nSPS) is 12.1. The summed E-state index contributed by atoms with van der Waals surface area (Å²) in [5.41, 5.74) is 0.848. The molecule has 0 aliphatic rings. The lowest BCUT2D eigenvalue weighted by atomic mass is 10.2. The summed E-state index contributed by atoms with van der Waals surface area (Å²) >= 11 is 3.21. The number of benzene rings is 1. The molecule has 7 heteroatoms. The molecule has 1 rings (SSSR count). The van der Waals surface area contributed by atoms with Crippen LogP contribution in [0.5, 0.6) is 0 Å². The Morgan fingerprint density at radius 3 is 2.70 bits per heavy atom. The van der Waals surface area contributed by atoms with Gasteiger partial charge in [-0.1, -0.05) is 19.1 Å². The zero-order chi connectivity index (χ0) is 15.2. The van der Waals surface area contributed by atoms with Crippen LogP contribution in [0.1, 0.15) is 18.9 Å². The van der Waals surface area contributed by atoms with E-state index in [0.29, 0.717) is 37.1 Å². The van der Waals surface area contributed by atoms with Crippen LogP contribution in [-0.4, -0.2) is 38.6 Å². The Balaban J connectivity index is 2.34. The first-order chi connectivity index (χ1) is 9.36. The fraction of sp³-hybridized carbons (Fsp3) is 0.538. The first kappa shape index (κ1) is 17.6. The van der Waals surface area contributed by atoms with Gasteiger partial charge in [0.1, 0.15) is 5.82 Å². The van der Waals surface area contributed by atoms with E-state index < -0.39 is 10.0 Å². The summed E-state index contributed by atoms with van der Waals surface area (Å²) in [7, 11) is -3.12. The van der Waals surface area contributed by atoms with Crippen molar-refractivity contribution in [3.05, 3.63) is 34.1 Å². The number of nitrogens with zero attached hydrogens (tertiary/aromatic N) is 1. The molecule has 4 nitrogen and oxygen atoms in total. The highest BCUT2D eigenvalue weighted by Crippen LogP contribution is 2.19. The predicted molar refractivity (Wildman–Crippen MR) is 82.5 cm³/mol. The molecular weight excluding hydrogens is 347 g/mol. The van der Waals surface area contributed by atoms with Gasteiger partial charge in [-0.3, -0.25) is 0 Å². The first-order valence-corrected chi connectivity index (χ1v) is 9.09. The summed E-state index contributed by atoms with van der Waals surface area (Å²) in [5, 5.41) is 3.18. The minimum atomic E-state index is -3.12. The van der Waals surface area contributed by atoms with Crippen LogP contribution < -0.4 is 5.32 Å². The number of nitrogens with one attached hydrogen (secondary N) is 1. The third-order valence-electron chi connectivity index (χ3n) is 2.93. The first-order valence-electron chi connectivity index (χ1n) is 6.45. The fourth-order valence-electron chi connectivity index (χ4n) is 1.85. The molecule has 0 unspecified atom stereocenters. The largest absolute Gasteiger partial charge is 0.313 e. The van der Waals surface area contributed by atoms with Crippen molar-refractivity contribution in [2.45, 2.75) is 19.9 Å². The average molecular weight is 367 g/mol. The predicted octanol–water partition coefficient (Wildman–Crippen LogP) is 2.35. The molecule has 0 aliphatic heterocycles. The van der Waals surface area contributed by atoms with Crippen molar-refractivity contribution in [2.24, 2.45) is 0 Å². The molecule has 0 atom stereocenters. The SMILES string of the molecule is CCN(CCCNCc1cccc(F)c1Br)S(C)(=O)=O. The number of sulfonamides is 1. The number of hydrogen-bond donors (Lipinski definition) is 1. The lowest BCUT2D eigenvalue weighted by Crippen LogP contribution is -2.32. The average Bonchev–Trinajstić information content (AvgIpc) is 2.37. The monoisotopic (exact) mass is 366 g/mol. The molecule has 0 saturated carbocycles. The lowest BCUT2D eigenvalue weighted by molar-refractivity contribution is 0.419. The minimum Gasteiger partial charge on any atom is -0.313 e. The van der Waals surface area contributed by atoms with E-state index in [4.69, 9.17) is 0 Å². The van der Waals surface area contributed by atoms with Gasteiger partial charge < -0.3 is 5.32 Å². The highest BCUT2D eigenvalue weighted by atomic mass is 79.9. The second-order valence-electron chi connectivity index (χ2n) is 4.50. The molecular formula is C13H20BrFN2O2S. The van der Waals surface area contributed by atoms with Gasteiger partial charge in [0.05, 0.1) is 10.7 Å². The Hall–Kier alpha value is -0.500. The van der Waals surface area contributed by atoms with Gasteiger partial charge in [-0.25, -0.2) is 17.1 Å². The maximum absolute atomic E-state index is 13.3. The van der Waals surface area contributed by atoms with Gasteiger partial charge in [0.15, 0.2) is 0 Å². The maximum Gasteiger partial charge on any atom is 0.211 e. The van der Waals surface area contributed by atoms with Gasteiger partial charge in [0, 0.05) is 19.6 Å². The summed E-state index contributed by atoms with van der Waals surface area (Å²) in [4.78, 5) is 0. The molecule has 20 heavy (non-hydrogen) atoms. The second-order valence-corrected chi connectivity index (χ2v) is 7.27. The van der Waals surface area contributed by atoms with E-state index in [1.54, 1.807) is 6.07 Å². The van der Waals surface area contributed by atoms with Crippen molar-refractivity contribution in [2.75, 3.05) is 25.9 Å². The molecule has 0 amide bonds.